The van der Waals surface area contributed by atoms with Crippen LogP contribution in [0.25, 0.3) is 22.6 Å². The Labute approximate surface area is 234 Å². The van der Waals surface area contributed by atoms with E-state index < -0.39 is 23.2 Å². The first-order chi connectivity index (χ1) is 19.0. The molecule has 4 aromatic rings. The number of imidazole rings is 1. The maximum absolute atomic E-state index is 11.0. The molecule has 1 saturated heterocycles. The Hall–Kier alpha value is -3.59. The summed E-state index contributed by atoms with van der Waals surface area (Å²) in [5.74, 6) is -1.74. The number of aliphatic carboxylic acids is 1. The number of hydrogen-bond donors (Lipinski definition) is 2. The minimum Gasteiger partial charge on any atom is -0.771 e. The lowest BCUT2D eigenvalue weighted by Crippen LogP contribution is -2.24. The second-order valence-electron chi connectivity index (χ2n) is 8.97. The van der Waals surface area contributed by atoms with Crippen LogP contribution in [0, 0.1) is 0 Å². The fraction of sp³-hybridized carbons (Fsp3) is 0.280. The summed E-state index contributed by atoms with van der Waals surface area (Å²) >= 11 is 3.91. The lowest BCUT2D eigenvalue weighted by atomic mass is 10.1. The van der Waals surface area contributed by atoms with Gasteiger partial charge in [0, 0.05) is 47.3 Å². The Bertz CT molecular complexity index is 1480. The average Bonchev–Trinajstić information content (AvgIpc) is 3.66. The fourth-order valence-corrected chi connectivity index (χ4v) is 4.80. The highest BCUT2D eigenvalue weighted by Crippen LogP contribution is 2.28. The molecule has 212 valence electrons. The molecule has 1 aliphatic heterocycles. The molecule has 0 bridgehead atoms. The number of rotatable bonds is 7. The minimum absolute atomic E-state index is 0.0762. The van der Waals surface area contributed by atoms with Gasteiger partial charge >= 0.3 is 12.1 Å². The normalized spacial score (nSPS) is 16.4. The number of nitrogens with zero attached hydrogens (tertiary/aromatic N) is 5. The number of aromatic nitrogens is 5. The zero-order valence-corrected chi connectivity index (χ0v) is 22.3. The van der Waals surface area contributed by atoms with E-state index in [-0.39, 0.29) is 11.8 Å². The van der Waals surface area contributed by atoms with Gasteiger partial charge in [0.2, 0.25) is 0 Å². The predicted octanol–water partition coefficient (Wildman–Crippen LogP) is 4.30. The molecule has 2 unspecified atom stereocenters. The van der Waals surface area contributed by atoms with Gasteiger partial charge in [-0.25, -0.2) is 9.78 Å². The predicted molar refractivity (Wildman–Crippen MR) is 140 cm³/mol. The number of pyridine rings is 1. The number of carboxylic acid groups (broad SMARTS) is 1. The number of halogens is 4. The van der Waals surface area contributed by atoms with Gasteiger partial charge in [-0.1, -0.05) is 23.7 Å². The van der Waals surface area contributed by atoms with Gasteiger partial charge in [-0.15, -0.1) is 0 Å². The number of alkyl halides is 3. The van der Waals surface area contributed by atoms with Gasteiger partial charge in [0.25, 0.3) is 0 Å². The Morgan fingerprint density at radius 3 is 2.58 bits per heavy atom. The number of carbonyl (C=O) groups is 1. The third kappa shape index (κ3) is 7.97. The molecule has 15 heteroatoms. The molecule has 0 aliphatic carbocycles. The third-order valence-electron chi connectivity index (χ3n) is 6.07. The summed E-state index contributed by atoms with van der Waals surface area (Å²) in [5, 5.41) is 12.3. The van der Waals surface area contributed by atoms with Crippen molar-refractivity contribution in [3.8, 4) is 22.6 Å². The SMILES string of the molecule is O=C(O)C(F)(F)F.O=S([O-])CN1CCC(c2cnc(-c3cc(-c4cnn(Cc5ccc(Cl)cc5)c4)ccn3)[nH]2)C1. The van der Waals surface area contributed by atoms with Crippen LogP contribution < -0.4 is 0 Å². The van der Waals surface area contributed by atoms with Gasteiger partial charge < -0.3 is 14.6 Å². The molecule has 0 amide bonds. The maximum atomic E-state index is 11.0. The molecule has 1 aromatic carbocycles. The number of H-pyrrole nitrogens is 1. The summed E-state index contributed by atoms with van der Waals surface area (Å²) in [6.45, 7) is 2.13. The van der Waals surface area contributed by atoms with Crippen molar-refractivity contribution in [1.82, 2.24) is 29.6 Å². The molecule has 3 aromatic heterocycles. The number of likely N-dealkylation sites (tertiary alicyclic amines) is 1. The van der Waals surface area contributed by atoms with Crippen LogP contribution in [0.3, 0.4) is 0 Å². The molecular formula is C25H23ClF3N6O4S-. The van der Waals surface area contributed by atoms with E-state index in [2.05, 4.69) is 20.1 Å². The lowest BCUT2D eigenvalue weighted by molar-refractivity contribution is -0.192. The van der Waals surface area contributed by atoms with Crippen LogP contribution >= 0.6 is 11.6 Å². The summed E-state index contributed by atoms with van der Waals surface area (Å²) in [5.41, 5.74) is 4.88. The Morgan fingerprint density at radius 1 is 1.18 bits per heavy atom. The highest BCUT2D eigenvalue weighted by atomic mass is 35.5. The van der Waals surface area contributed by atoms with Crippen LogP contribution in [-0.2, 0) is 22.4 Å². The quantitative estimate of drug-likeness (QED) is 0.302. The fourth-order valence-electron chi connectivity index (χ4n) is 4.14. The van der Waals surface area contributed by atoms with E-state index in [1.54, 1.807) is 6.20 Å². The Kier molecular flexibility index (Phi) is 9.35. The van der Waals surface area contributed by atoms with Crippen LogP contribution in [-0.4, -0.2) is 74.6 Å². The van der Waals surface area contributed by atoms with Crippen molar-refractivity contribution in [2.45, 2.75) is 25.1 Å². The van der Waals surface area contributed by atoms with Gasteiger partial charge in [-0.3, -0.25) is 18.8 Å². The van der Waals surface area contributed by atoms with Crippen molar-refractivity contribution in [3.63, 3.8) is 0 Å². The van der Waals surface area contributed by atoms with Crippen molar-refractivity contribution in [2.24, 2.45) is 0 Å². The number of benzene rings is 1. The van der Waals surface area contributed by atoms with Crippen molar-refractivity contribution >= 4 is 28.7 Å². The molecule has 1 aliphatic rings. The summed E-state index contributed by atoms with van der Waals surface area (Å²) in [6.07, 6.45) is 3.27. The summed E-state index contributed by atoms with van der Waals surface area (Å²) in [6, 6.07) is 11.7. The van der Waals surface area contributed by atoms with Crippen LogP contribution in [0.5, 0.6) is 0 Å². The van der Waals surface area contributed by atoms with E-state index in [0.29, 0.717) is 18.9 Å². The first-order valence-corrected chi connectivity index (χ1v) is 13.5. The molecule has 2 atom stereocenters. The highest BCUT2D eigenvalue weighted by molar-refractivity contribution is 7.79. The number of nitrogens with one attached hydrogen (secondary N) is 1. The summed E-state index contributed by atoms with van der Waals surface area (Å²) in [7, 11) is 0. The molecule has 4 heterocycles. The molecule has 2 N–H and O–H groups in total. The number of hydrogen-bond acceptors (Lipinski definition) is 7. The van der Waals surface area contributed by atoms with Gasteiger partial charge in [0.15, 0.2) is 5.82 Å². The standard InChI is InChI=1S/C23H23ClN6O2S.C2HF3O2/c24-20-3-1-16(2-4-20)12-30-14-19(10-27-30)17-5-7-25-21(9-17)23-26-11-22(28-23)18-6-8-29(13-18)15-33(31)32;3-2(4,5)1(6)7/h1-5,7,9-11,14,18H,6,8,12-13,15H2,(H,26,28)(H,31,32);(H,6,7)/p-1. The lowest BCUT2D eigenvalue weighted by Gasteiger charge is -2.16. The highest BCUT2D eigenvalue weighted by Gasteiger charge is 2.38. The van der Waals surface area contributed by atoms with E-state index in [0.717, 1.165) is 46.1 Å². The summed E-state index contributed by atoms with van der Waals surface area (Å²) < 4.78 is 55.6. The van der Waals surface area contributed by atoms with Gasteiger partial charge in [0.05, 0.1) is 18.6 Å². The van der Waals surface area contributed by atoms with Crippen LogP contribution in [0.1, 0.15) is 23.6 Å². The monoisotopic (exact) mass is 595 g/mol. The van der Waals surface area contributed by atoms with E-state index in [1.165, 1.54) is 0 Å². The summed E-state index contributed by atoms with van der Waals surface area (Å²) in [4.78, 5) is 23.2. The van der Waals surface area contributed by atoms with E-state index in [9.17, 15) is 21.9 Å². The molecular weight excluding hydrogens is 573 g/mol. The van der Waals surface area contributed by atoms with Crippen molar-refractivity contribution in [2.75, 3.05) is 19.0 Å². The number of aromatic amines is 1. The van der Waals surface area contributed by atoms with Gasteiger partial charge in [0.1, 0.15) is 5.69 Å². The first-order valence-electron chi connectivity index (χ1n) is 11.8. The molecule has 1 fully saturated rings. The van der Waals surface area contributed by atoms with Crippen LogP contribution in [0.15, 0.2) is 61.2 Å². The average molecular weight is 596 g/mol. The van der Waals surface area contributed by atoms with Crippen LogP contribution in [0.4, 0.5) is 13.2 Å². The van der Waals surface area contributed by atoms with Gasteiger partial charge in [-0.2, -0.15) is 18.3 Å². The smallest absolute Gasteiger partial charge is 0.490 e. The van der Waals surface area contributed by atoms with Crippen LogP contribution in [0.2, 0.25) is 5.02 Å². The minimum atomic E-state index is -5.08. The molecule has 0 saturated carbocycles. The zero-order valence-electron chi connectivity index (χ0n) is 20.7. The van der Waals surface area contributed by atoms with Gasteiger partial charge in [-0.05, 0) is 59.4 Å². The Morgan fingerprint density at radius 2 is 1.90 bits per heavy atom. The van der Waals surface area contributed by atoms with E-state index in [1.807, 2.05) is 64.6 Å². The number of carboxylic acids is 1. The molecule has 40 heavy (non-hydrogen) atoms. The third-order valence-corrected chi connectivity index (χ3v) is 6.89. The Balaban J connectivity index is 0.000000470. The molecule has 0 spiro atoms. The maximum Gasteiger partial charge on any atom is 0.490 e. The zero-order chi connectivity index (χ0) is 28.9. The van der Waals surface area contributed by atoms with Crippen molar-refractivity contribution in [1.29, 1.82) is 0 Å². The second kappa shape index (κ2) is 12.7. The largest absolute Gasteiger partial charge is 0.771 e. The van der Waals surface area contributed by atoms with E-state index >= 15 is 0 Å². The molecule has 10 nitrogen and oxygen atoms in total. The topological polar surface area (TPSA) is 140 Å². The second-order valence-corrected chi connectivity index (χ2v) is 10.3. The first kappa shape index (κ1) is 29.4. The van der Waals surface area contributed by atoms with Crippen molar-refractivity contribution < 1.29 is 31.8 Å². The molecule has 0 radical (unpaired) electrons. The van der Waals surface area contributed by atoms with E-state index in [4.69, 9.17) is 21.5 Å². The van der Waals surface area contributed by atoms with Crippen molar-refractivity contribution in [3.05, 3.63) is 77.5 Å². The molecule has 5 rings (SSSR count).